The van der Waals surface area contributed by atoms with Gasteiger partial charge in [-0.1, -0.05) is 18.2 Å². The molecule has 1 heterocycles. The van der Waals surface area contributed by atoms with Crippen molar-refractivity contribution in [2.45, 2.75) is 13.3 Å². The van der Waals surface area contributed by atoms with Crippen molar-refractivity contribution < 1.29 is 9.59 Å². The highest BCUT2D eigenvalue weighted by molar-refractivity contribution is 5.93. The summed E-state index contributed by atoms with van der Waals surface area (Å²) in [5.41, 5.74) is 7.10. The molecule has 1 aromatic carbocycles. The van der Waals surface area contributed by atoms with Gasteiger partial charge in [0.15, 0.2) is 0 Å². The monoisotopic (exact) mass is 259 g/mol. The summed E-state index contributed by atoms with van der Waals surface area (Å²) in [5.74, 6) is -0.0980. The molecule has 0 unspecified atom stereocenters. The second kappa shape index (κ2) is 6.04. The van der Waals surface area contributed by atoms with Crippen molar-refractivity contribution in [1.29, 1.82) is 0 Å². The molecule has 1 aliphatic rings. The normalized spacial score (nSPS) is 14.6. The van der Waals surface area contributed by atoms with E-state index < -0.39 is 0 Å². The first kappa shape index (κ1) is 13.1. The minimum absolute atomic E-state index is 0.0728. The van der Waals surface area contributed by atoms with Crippen molar-refractivity contribution in [3.63, 3.8) is 0 Å². The Morgan fingerprint density at radius 1 is 1.21 bits per heavy atom. The van der Waals surface area contributed by atoms with Crippen LogP contribution in [0, 0.1) is 0 Å². The zero-order chi connectivity index (χ0) is 13.7. The van der Waals surface area contributed by atoms with Crippen LogP contribution in [-0.4, -0.2) is 29.8 Å². The fourth-order valence-corrected chi connectivity index (χ4v) is 1.87. The van der Waals surface area contributed by atoms with Gasteiger partial charge in [-0.15, -0.1) is 0 Å². The van der Waals surface area contributed by atoms with Crippen molar-refractivity contribution in [2.75, 3.05) is 13.1 Å². The highest BCUT2D eigenvalue weighted by Gasteiger charge is 2.14. The molecular formula is C14H17N3O2. The number of rotatable bonds is 3. The summed E-state index contributed by atoms with van der Waals surface area (Å²) >= 11 is 0. The first-order chi connectivity index (χ1) is 9.16. The first-order valence-corrected chi connectivity index (χ1v) is 6.23. The van der Waals surface area contributed by atoms with Crippen molar-refractivity contribution in [3.05, 3.63) is 47.7 Å². The van der Waals surface area contributed by atoms with Gasteiger partial charge in [0.1, 0.15) is 0 Å². The maximum absolute atomic E-state index is 11.8. The average Bonchev–Trinajstić information content (AvgIpc) is 2.46. The Kier molecular flexibility index (Phi) is 4.18. The van der Waals surface area contributed by atoms with E-state index in [2.05, 4.69) is 10.9 Å². The lowest BCUT2D eigenvalue weighted by Crippen LogP contribution is -2.41. The maximum atomic E-state index is 11.8. The number of carbonyl (C=O) groups is 2. The van der Waals surface area contributed by atoms with Crippen molar-refractivity contribution in [1.82, 2.24) is 15.8 Å². The van der Waals surface area contributed by atoms with E-state index in [1.165, 1.54) is 0 Å². The quantitative estimate of drug-likeness (QED) is 0.798. The van der Waals surface area contributed by atoms with Crippen LogP contribution in [0.25, 0.3) is 0 Å². The molecule has 0 aromatic heterocycles. The Labute approximate surface area is 112 Å². The highest BCUT2D eigenvalue weighted by atomic mass is 16.2. The van der Waals surface area contributed by atoms with Crippen LogP contribution in [0.1, 0.15) is 23.7 Å². The van der Waals surface area contributed by atoms with Crippen molar-refractivity contribution in [2.24, 2.45) is 0 Å². The van der Waals surface area contributed by atoms with Crippen molar-refractivity contribution in [3.8, 4) is 0 Å². The fourth-order valence-electron chi connectivity index (χ4n) is 1.87. The third-order valence-corrected chi connectivity index (χ3v) is 3.03. The molecule has 0 saturated carbocycles. The molecule has 0 aliphatic carbocycles. The van der Waals surface area contributed by atoms with E-state index in [4.69, 9.17) is 0 Å². The largest absolute Gasteiger partial charge is 0.339 e. The Balaban J connectivity index is 1.84. The number of amides is 2. The van der Waals surface area contributed by atoms with Gasteiger partial charge >= 0.3 is 0 Å². The van der Waals surface area contributed by atoms with E-state index in [-0.39, 0.29) is 11.8 Å². The minimum Gasteiger partial charge on any atom is -0.339 e. The first-order valence-electron chi connectivity index (χ1n) is 6.23. The Hall–Kier alpha value is -2.30. The zero-order valence-corrected chi connectivity index (χ0v) is 10.8. The highest BCUT2D eigenvalue weighted by Crippen LogP contribution is 2.07. The molecular weight excluding hydrogens is 242 g/mol. The summed E-state index contributed by atoms with van der Waals surface area (Å²) in [6.07, 6.45) is 2.63. The molecule has 19 heavy (non-hydrogen) atoms. The van der Waals surface area contributed by atoms with Gasteiger partial charge in [0, 0.05) is 37.7 Å². The van der Waals surface area contributed by atoms with Gasteiger partial charge in [-0.25, -0.2) is 0 Å². The molecule has 5 nitrogen and oxygen atoms in total. The molecule has 2 amide bonds. The van der Waals surface area contributed by atoms with Crippen LogP contribution in [0.5, 0.6) is 0 Å². The topological polar surface area (TPSA) is 61.4 Å². The number of hydrogen-bond donors (Lipinski definition) is 2. The second-order valence-corrected chi connectivity index (χ2v) is 4.39. The van der Waals surface area contributed by atoms with Crippen molar-refractivity contribution >= 4 is 11.8 Å². The van der Waals surface area contributed by atoms with Gasteiger partial charge in [0.2, 0.25) is 5.91 Å². The smallest absolute Gasteiger partial charge is 0.269 e. The Bertz CT molecular complexity index is 497. The molecule has 0 atom stereocenters. The third-order valence-electron chi connectivity index (χ3n) is 3.03. The van der Waals surface area contributed by atoms with E-state index in [0.717, 1.165) is 5.70 Å². The summed E-state index contributed by atoms with van der Waals surface area (Å²) < 4.78 is 0. The number of carbonyl (C=O) groups excluding carboxylic acids is 2. The van der Waals surface area contributed by atoms with Crippen LogP contribution in [0.2, 0.25) is 0 Å². The number of hydrazine groups is 1. The molecule has 0 saturated heterocycles. The fraction of sp³-hybridized carbons (Fsp3) is 0.286. The van der Waals surface area contributed by atoms with Crippen LogP contribution in [-0.2, 0) is 4.79 Å². The van der Waals surface area contributed by atoms with Gasteiger partial charge in [-0.05, 0) is 18.2 Å². The Morgan fingerprint density at radius 2 is 1.95 bits per heavy atom. The van der Waals surface area contributed by atoms with Gasteiger partial charge in [0.05, 0.1) is 0 Å². The second-order valence-electron chi connectivity index (χ2n) is 4.39. The summed E-state index contributed by atoms with van der Waals surface area (Å²) in [7, 11) is 0. The number of benzene rings is 1. The van der Waals surface area contributed by atoms with E-state index in [1.54, 1.807) is 24.0 Å². The number of hydrogen-bond acceptors (Lipinski definition) is 3. The molecule has 1 aromatic rings. The summed E-state index contributed by atoms with van der Waals surface area (Å²) in [4.78, 5) is 24.7. The van der Waals surface area contributed by atoms with Crippen LogP contribution < -0.4 is 10.9 Å². The average molecular weight is 259 g/mol. The predicted octanol–water partition coefficient (Wildman–Crippen LogP) is 1.06. The number of nitrogens with zero attached hydrogens (tertiary/aromatic N) is 1. The van der Waals surface area contributed by atoms with E-state index in [9.17, 15) is 9.59 Å². The maximum Gasteiger partial charge on any atom is 0.269 e. The summed E-state index contributed by atoms with van der Waals surface area (Å²) in [5, 5.41) is 0. The molecule has 0 radical (unpaired) electrons. The van der Waals surface area contributed by atoms with E-state index in [0.29, 0.717) is 25.1 Å². The summed E-state index contributed by atoms with van der Waals surface area (Å²) in [6, 6.07) is 9.01. The lowest BCUT2D eigenvalue weighted by molar-refractivity contribution is -0.128. The zero-order valence-electron chi connectivity index (χ0n) is 10.8. The van der Waals surface area contributed by atoms with E-state index in [1.807, 2.05) is 24.3 Å². The molecule has 100 valence electrons. The van der Waals surface area contributed by atoms with Gasteiger partial charge in [0.25, 0.3) is 5.91 Å². The number of nitrogens with one attached hydrogen (secondary N) is 2. The minimum atomic E-state index is -0.171. The van der Waals surface area contributed by atoms with Gasteiger partial charge in [-0.2, -0.15) is 0 Å². The van der Waals surface area contributed by atoms with Gasteiger partial charge < -0.3 is 10.3 Å². The molecule has 0 fully saturated rings. The lowest BCUT2D eigenvalue weighted by atomic mass is 10.2. The van der Waals surface area contributed by atoms with Gasteiger partial charge in [-0.3, -0.25) is 15.0 Å². The summed E-state index contributed by atoms with van der Waals surface area (Å²) in [6.45, 7) is 2.82. The third kappa shape index (κ3) is 3.58. The van der Waals surface area contributed by atoms with E-state index >= 15 is 0 Å². The Morgan fingerprint density at radius 3 is 2.53 bits per heavy atom. The molecule has 2 N–H and O–H groups in total. The molecule has 5 heteroatoms. The SMILES string of the molecule is CC(=O)N1CC=C(NNC(=O)c2ccccc2)CC1. The van der Waals surface area contributed by atoms with Crippen LogP contribution in [0.15, 0.2) is 42.1 Å². The molecule has 0 bridgehead atoms. The van der Waals surface area contributed by atoms with Crippen LogP contribution in [0.3, 0.4) is 0 Å². The standard InChI is InChI=1S/C14H17N3O2/c1-11(18)17-9-7-13(8-10-17)15-16-14(19)12-5-3-2-4-6-12/h2-7,15H,8-10H2,1H3,(H,16,19). The predicted molar refractivity (Wildman–Crippen MR) is 72.0 cm³/mol. The van der Waals surface area contributed by atoms with Crippen LogP contribution >= 0.6 is 0 Å². The molecule has 2 rings (SSSR count). The van der Waals surface area contributed by atoms with Crippen LogP contribution in [0.4, 0.5) is 0 Å². The lowest BCUT2D eigenvalue weighted by Gasteiger charge is -2.25. The molecule has 0 spiro atoms. The molecule has 1 aliphatic heterocycles.